The van der Waals surface area contributed by atoms with Gasteiger partial charge in [0.25, 0.3) is 0 Å². The Morgan fingerprint density at radius 2 is 1.85 bits per heavy atom. The van der Waals surface area contributed by atoms with Crippen molar-refractivity contribution >= 4 is 21.2 Å². The summed E-state index contributed by atoms with van der Waals surface area (Å²) in [5.41, 5.74) is 0. The van der Waals surface area contributed by atoms with Crippen molar-refractivity contribution in [2.24, 2.45) is 0 Å². The van der Waals surface area contributed by atoms with E-state index in [-0.39, 0.29) is 11.8 Å². The quantitative estimate of drug-likeness (QED) is 0.822. The van der Waals surface area contributed by atoms with Crippen molar-refractivity contribution in [3.63, 3.8) is 0 Å². The van der Waals surface area contributed by atoms with Gasteiger partial charge in [0.1, 0.15) is 0 Å². The molecule has 1 aromatic heterocycles. The minimum absolute atomic E-state index is 0.142. The van der Waals surface area contributed by atoms with E-state index in [9.17, 15) is 8.42 Å². The molecule has 0 aliphatic carbocycles. The Labute approximate surface area is 124 Å². The molecule has 108 valence electrons. The van der Waals surface area contributed by atoms with Gasteiger partial charge < -0.3 is 0 Å². The molecule has 0 bridgehead atoms. The average molecular weight is 309 g/mol. The Balaban J connectivity index is 1.98. The third kappa shape index (κ3) is 3.69. The van der Waals surface area contributed by atoms with Crippen LogP contribution in [0.3, 0.4) is 0 Å². The van der Waals surface area contributed by atoms with E-state index in [1.54, 1.807) is 35.6 Å². The van der Waals surface area contributed by atoms with E-state index in [1.807, 2.05) is 24.6 Å². The number of benzene rings is 1. The molecular formula is C15H19NO2S2. The van der Waals surface area contributed by atoms with Crippen LogP contribution in [0.2, 0.25) is 0 Å². The first kappa shape index (κ1) is 15.2. The molecule has 0 amide bonds. The number of thiophene rings is 1. The summed E-state index contributed by atoms with van der Waals surface area (Å²) >= 11 is 1.70. The van der Waals surface area contributed by atoms with Crippen LogP contribution in [0, 0.1) is 0 Å². The molecule has 1 aromatic carbocycles. The summed E-state index contributed by atoms with van der Waals surface area (Å²) in [4.78, 5) is 3.73. The highest BCUT2D eigenvalue weighted by Crippen LogP contribution is 2.23. The van der Waals surface area contributed by atoms with Crippen LogP contribution in [0.1, 0.15) is 17.8 Å². The zero-order chi connectivity index (χ0) is 14.6. The summed E-state index contributed by atoms with van der Waals surface area (Å²) in [5, 5.41) is 2.04. The van der Waals surface area contributed by atoms with E-state index in [1.165, 1.54) is 4.88 Å². The maximum Gasteiger partial charge on any atom is 0.179 e. The highest BCUT2D eigenvalue weighted by molar-refractivity contribution is 7.91. The van der Waals surface area contributed by atoms with Crippen molar-refractivity contribution < 1.29 is 8.42 Å². The summed E-state index contributed by atoms with van der Waals surface area (Å²) in [5.74, 6) is 0.142. The summed E-state index contributed by atoms with van der Waals surface area (Å²) in [6.07, 6.45) is 0. The normalized spacial score (nSPS) is 13.6. The Morgan fingerprint density at radius 3 is 2.45 bits per heavy atom. The molecule has 0 aliphatic heterocycles. The van der Waals surface area contributed by atoms with Gasteiger partial charge in [-0.2, -0.15) is 0 Å². The average Bonchev–Trinajstić information content (AvgIpc) is 2.99. The molecule has 3 nitrogen and oxygen atoms in total. The van der Waals surface area contributed by atoms with Crippen molar-refractivity contribution in [1.29, 1.82) is 0 Å². The van der Waals surface area contributed by atoms with Gasteiger partial charge in [0.2, 0.25) is 0 Å². The lowest BCUT2D eigenvalue weighted by Gasteiger charge is -2.23. The smallest absolute Gasteiger partial charge is 0.179 e. The maximum atomic E-state index is 12.2. The molecule has 20 heavy (non-hydrogen) atoms. The number of hydrogen-bond donors (Lipinski definition) is 0. The van der Waals surface area contributed by atoms with E-state index in [4.69, 9.17) is 0 Å². The van der Waals surface area contributed by atoms with Gasteiger partial charge in [-0.25, -0.2) is 8.42 Å². The number of sulfone groups is 1. The van der Waals surface area contributed by atoms with Crippen LogP contribution >= 0.6 is 11.3 Å². The minimum atomic E-state index is -3.20. The van der Waals surface area contributed by atoms with Crippen LogP contribution in [0.4, 0.5) is 0 Å². The Hall–Kier alpha value is -1.17. The maximum absolute atomic E-state index is 12.2. The molecule has 0 N–H and O–H groups in total. The van der Waals surface area contributed by atoms with Crippen LogP contribution < -0.4 is 0 Å². The van der Waals surface area contributed by atoms with Gasteiger partial charge in [0, 0.05) is 17.5 Å². The summed E-state index contributed by atoms with van der Waals surface area (Å²) in [6, 6.07) is 13.0. The molecule has 0 unspecified atom stereocenters. The lowest BCUT2D eigenvalue weighted by Crippen LogP contribution is -2.28. The first-order chi connectivity index (χ1) is 9.50. The van der Waals surface area contributed by atoms with Crippen molar-refractivity contribution in [1.82, 2.24) is 4.90 Å². The number of nitrogens with zero attached hydrogens (tertiary/aromatic N) is 1. The predicted molar refractivity (Wildman–Crippen MR) is 83.9 cm³/mol. The minimum Gasteiger partial charge on any atom is -0.298 e. The topological polar surface area (TPSA) is 37.4 Å². The van der Waals surface area contributed by atoms with Gasteiger partial charge in [0.05, 0.1) is 10.6 Å². The number of hydrogen-bond acceptors (Lipinski definition) is 4. The van der Waals surface area contributed by atoms with Crippen LogP contribution in [-0.4, -0.2) is 32.7 Å². The molecule has 5 heteroatoms. The Morgan fingerprint density at radius 1 is 1.15 bits per heavy atom. The molecule has 0 aliphatic rings. The van der Waals surface area contributed by atoms with Gasteiger partial charge in [-0.1, -0.05) is 24.3 Å². The fourth-order valence-electron chi connectivity index (χ4n) is 1.95. The van der Waals surface area contributed by atoms with Crippen molar-refractivity contribution in [3.05, 3.63) is 52.7 Å². The SMILES string of the molecule is C[C@@H](c1cccs1)N(C)CCS(=O)(=O)c1ccccc1. The Bertz CT molecular complexity index is 621. The van der Waals surface area contributed by atoms with E-state index >= 15 is 0 Å². The van der Waals surface area contributed by atoms with Crippen LogP contribution in [0.5, 0.6) is 0 Å². The molecule has 2 rings (SSSR count). The lowest BCUT2D eigenvalue weighted by atomic mass is 10.2. The van der Waals surface area contributed by atoms with E-state index in [2.05, 4.69) is 17.9 Å². The van der Waals surface area contributed by atoms with Gasteiger partial charge in [-0.3, -0.25) is 4.90 Å². The van der Waals surface area contributed by atoms with E-state index < -0.39 is 9.84 Å². The van der Waals surface area contributed by atoms with E-state index in [0.717, 1.165) is 0 Å². The summed E-state index contributed by atoms with van der Waals surface area (Å²) in [7, 11) is -1.23. The van der Waals surface area contributed by atoms with Crippen LogP contribution in [0.15, 0.2) is 52.7 Å². The second-order valence-corrected chi connectivity index (χ2v) is 7.89. The first-order valence-corrected chi connectivity index (χ1v) is 9.05. The largest absolute Gasteiger partial charge is 0.298 e. The molecule has 1 heterocycles. The van der Waals surface area contributed by atoms with Gasteiger partial charge >= 0.3 is 0 Å². The van der Waals surface area contributed by atoms with Crippen molar-refractivity contribution in [2.45, 2.75) is 17.9 Å². The lowest BCUT2D eigenvalue weighted by molar-refractivity contribution is 0.280. The molecule has 0 spiro atoms. The monoisotopic (exact) mass is 309 g/mol. The molecule has 0 saturated carbocycles. The fourth-order valence-corrected chi connectivity index (χ4v) is 4.13. The molecule has 1 atom stereocenters. The number of rotatable bonds is 6. The zero-order valence-electron chi connectivity index (χ0n) is 11.7. The zero-order valence-corrected chi connectivity index (χ0v) is 13.3. The summed E-state index contributed by atoms with van der Waals surface area (Å²) in [6.45, 7) is 2.62. The second kappa shape index (κ2) is 6.52. The van der Waals surface area contributed by atoms with Crippen molar-refractivity contribution in [2.75, 3.05) is 19.3 Å². The third-order valence-corrected chi connectivity index (χ3v) is 6.18. The molecular weight excluding hydrogens is 290 g/mol. The highest BCUT2D eigenvalue weighted by Gasteiger charge is 2.18. The van der Waals surface area contributed by atoms with Crippen LogP contribution in [0.25, 0.3) is 0 Å². The molecule has 0 fully saturated rings. The van der Waals surface area contributed by atoms with Gasteiger partial charge in [-0.15, -0.1) is 11.3 Å². The van der Waals surface area contributed by atoms with Gasteiger partial charge in [-0.05, 0) is 37.6 Å². The standard InChI is InChI=1S/C15H19NO2S2/c1-13(15-9-6-11-19-15)16(2)10-12-20(17,18)14-7-4-3-5-8-14/h3-9,11,13H,10,12H2,1-2H3/t13-/m0/s1. The highest BCUT2D eigenvalue weighted by atomic mass is 32.2. The van der Waals surface area contributed by atoms with Crippen LogP contribution in [-0.2, 0) is 9.84 Å². The van der Waals surface area contributed by atoms with Gasteiger partial charge in [0.15, 0.2) is 9.84 Å². The van der Waals surface area contributed by atoms with E-state index in [0.29, 0.717) is 11.4 Å². The first-order valence-electron chi connectivity index (χ1n) is 6.52. The predicted octanol–water partition coefficient (Wildman–Crippen LogP) is 3.21. The summed E-state index contributed by atoms with van der Waals surface area (Å²) < 4.78 is 24.4. The second-order valence-electron chi connectivity index (χ2n) is 4.80. The molecule has 2 aromatic rings. The third-order valence-electron chi connectivity index (χ3n) is 3.43. The Kier molecular flexibility index (Phi) is 4.96. The fraction of sp³-hybridized carbons (Fsp3) is 0.333. The molecule has 0 saturated heterocycles. The molecule has 0 radical (unpaired) electrons. The van der Waals surface area contributed by atoms with Crippen molar-refractivity contribution in [3.8, 4) is 0 Å².